The summed E-state index contributed by atoms with van der Waals surface area (Å²) in [5.74, 6) is -1.04. The lowest BCUT2D eigenvalue weighted by Crippen LogP contribution is -2.18. The molecule has 0 saturated heterocycles. The van der Waals surface area contributed by atoms with E-state index in [1.165, 1.54) is 0 Å². The fourth-order valence-electron chi connectivity index (χ4n) is 1.44. The Morgan fingerprint density at radius 2 is 1.82 bits per heavy atom. The number of rotatable bonds is 7. The van der Waals surface area contributed by atoms with E-state index in [0.29, 0.717) is 18.4 Å². The van der Waals surface area contributed by atoms with Gasteiger partial charge in [0.2, 0.25) is 5.78 Å². The van der Waals surface area contributed by atoms with Gasteiger partial charge in [-0.2, -0.15) is 0 Å². The van der Waals surface area contributed by atoms with Gasteiger partial charge in [0, 0.05) is 13.0 Å². The Hall–Kier alpha value is -1.19. The maximum Gasteiger partial charge on any atom is 0.220 e. The third-order valence-corrected chi connectivity index (χ3v) is 2.86. The molecule has 0 fully saturated rings. The second-order valence-corrected chi connectivity index (χ2v) is 4.18. The van der Waals surface area contributed by atoms with Gasteiger partial charge in [0.05, 0.1) is 0 Å². The minimum absolute atomic E-state index is 0.0322. The number of aliphatic hydroxyl groups excluding tert-OH is 1. The summed E-state index contributed by atoms with van der Waals surface area (Å²) in [4.78, 5) is 23.2. The van der Waals surface area contributed by atoms with Gasteiger partial charge in [-0.25, -0.2) is 0 Å². The number of benzene rings is 1. The summed E-state index contributed by atoms with van der Waals surface area (Å²) in [5.41, 5.74) is 0.634. The number of alkyl halides is 1. The van der Waals surface area contributed by atoms with Crippen molar-refractivity contribution in [2.24, 2.45) is 0 Å². The van der Waals surface area contributed by atoms with E-state index in [-0.39, 0.29) is 13.0 Å². The molecule has 0 amide bonds. The van der Waals surface area contributed by atoms with Gasteiger partial charge in [-0.05, 0) is 18.4 Å². The number of carbonyl (C=O) groups is 2. The molecule has 0 bridgehead atoms. The summed E-state index contributed by atoms with van der Waals surface area (Å²) in [7, 11) is 0. The van der Waals surface area contributed by atoms with Crippen molar-refractivity contribution < 1.29 is 14.7 Å². The predicted molar refractivity (Wildman–Crippen MR) is 66.0 cm³/mol. The third kappa shape index (κ3) is 4.29. The maximum absolute atomic E-state index is 11.7. The molecule has 92 valence electrons. The second-order valence-electron chi connectivity index (χ2n) is 3.74. The summed E-state index contributed by atoms with van der Waals surface area (Å²) >= 11 is 5.94. The predicted octanol–water partition coefficient (Wildman–Crippen LogP) is 2.27. The highest BCUT2D eigenvalue weighted by atomic mass is 35.5. The van der Waals surface area contributed by atoms with Gasteiger partial charge in [0.15, 0.2) is 5.78 Å². The van der Waals surface area contributed by atoms with Gasteiger partial charge in [0.25, 0.3) is 0 Å². The molecule has 4 heteroatoms. The minimum atomic E-state index is -0.905. The maximum atomic E-state index is 11.7. The Morgan fingerprint density at radius 3 is 2.41 bits per heavy atom. The molecule has 0 aliphatic rings. The summed E-state index contributed by atoms with van der Waals surface area (Å²) in [6.07, 6.45) is 1.19. The third-order valence-electron chi connectivity index (χ3n) is 2.41. The molecule has 1 N–H and O–H groups in total. The largest absolute Gasteiger partial charge is 0.396 e. The highest BCUT2D eigenvalue weighted by Gasteiger charge is 2.23. The van der Waals surface area contributed by atoms with Gasteiger partial charge in [-0.15, -0.1) is 11.6 Å². The van der Waals surface area contributed by atoms with Crippen LogP contribution in [-0.2, 0) is 9.59 Å². The Balaban J connectivity index is 2.55. The van der Waals surface area contributed by atoms with Crippen LogP contribution in [0, 0.1) is 0 Å². The molecular weight excluding hydrogens is 240 g/mol. The van der Waals surface area contributed by atoms with Crippen LogP contribution in [0.4, 0.5) is 0 Å². The summed E-state index contributed by atoms with van der Waals surface area (Å²) in [6, 6.07) is 8.80. The topological polar surface area (TPSA) is 54.4 Å². The van der Waals surface area contributed by atoms with Gasteiger partial charge in [-0.3, -0.25) is 9.59 Å². The van der Waals surface area contributed by atoms with Crippen molar-refractivity contribution in [3.8, 4) is 0 Å². The minimum Gasteiger partial charge on any atom is -0.396 e. The SMILES string of the molecule is O=C(CCCCO)C(=O)C(Cl)c1ccccc1. The van der Waals surface area contributed by atoms with E-state index in [1.54, 1.807) is 24.3 Å². The molecule has 1 atom stereocenters. The number of carbonyl (C=O) groups excluding carboxylic acids is 2. The van der Waals surface area contributed by atoms with E-state index < -0.39 is 16.9 Å². The number of ketones is 2. The fourth-order valence-corrected chi connectivity index (χ4v) is 1.70. The van der Waals surface area contributed by atoms with Crippen LogP contribution in [0.2, 0.25) is 0 Å². The van der Waals surface area contributed by atoms with Crippen LogP contribution in [0.1, 0.15) is 30.2 Å². The Morgan fingerprint density at radius 1 is 1.18 bits per heavy atom. The average molecular weight is 255 g/mol. The van der Waals surface area contributed by atoms with Crippen molar-refractivity contribution in [1.29, 1.82) is 0 Å². The van der Waals surface area contributed by atoms with Crippen molar-refractivity contribution >= 4 is 23.2 Å². The first kappa shape index (κ1) is 13.9. The molecule has 0 aromatic heterocycles. The normalized spacial score (nSPS) is 12.1. The van der Waals surface area contributed by atoms with Gasteiger partial charge in [-0.1, -0.05) is 30.3 Å². The Bertz CT molecular complexity index is 376. The van der Waals surface area contributed by atoms with Crippen LogP contribution in [-0.4, -0.2) is 23.3 Å². The van der Waals surface area contributed by atoms with Crippen LogP contribution in [0.3, 0.4) is 0 Å². The molecule has 0 aliphatic carbocycles. The molecular formula is C13H15ClO3. The lowest BCUT2D eigenvalue weighted by molar-refractivity contribution is -0.136. The Labute approximate surface area is 105 Å². The van der Waals surface area contributed by atoms with Crippen LogP contribution < -0.4 is 0 Å². The number of unbranched alkanes of at least 4 members (excludes halogenated alkanes) is 1. The molecule has 1 rings (SSSR count). The summed E-state index contributed by atoms with van der Waals surface area (Å²) in [5, 5.41) is 7.68. The Kier molecular flexibility index (Phi) is 5.87. The molecule has 0 saturated carbocycles. The van der Waals surface area contributed by atoms with Crippen molar-refractivity contribution in [3.63, 3.8) is 0 Å². The van der Waals surface area contributed by atoms with Crippen molar-refractivity contribution in [2.45, 2.75) is 24.6 Å². The molecule has 1 aromatic carbocycles. The average Bonchev–Trinajstić information content (AvgIpc) is 2.38. The van der Waals surface area contributed by atoms with Crippen LogP contribution in [0.15, 0.2) is 30.3 Å². The number of aliphatic hydroxyl groups is 1. The van der Waals surface area contributed by atoms with E-state index in [2.05, 4.69) is 0 Å². The molecule has 3 nitrogen and oxygen atoms in total. The monoisotopic (exact) mass is 254 g/mol. The molecule has 0 spiro atoms. The zero-order valence-electron chi connectivity index (χ0n) is 9.43. The quantitative estimate of drug-likeness (QED) is 0.461. The molecule has 0 radical (unpaired) electrons. The standard InChI is InChI=1S/C13H15ClO3/c14-12(10-6-2-1-3-7-10)13(17)11(16)8-4-5-9-15/h1-3,6-7,12,15H,4-5,8-9H2. The van der Waals surface area contributed by atoms with Gasteiger partial charge in [0.1, 0.15) is 5.38 Å². The number of hydrogen-bond acceptors (Lipinski definition) is 3. The van der Waals surface area contributed by atoms with E-state index in [1.807, 2.05) is 6.07 Å². The number of hydrogen-bond donors (Lipinski definition) is 1. The second kappa shape index (κ2) is 7.20. The summed E-state index contributed by atoms with van der Waals surface area (Å²) < 4.78 is 0. The first-order chi connectivity index (χ1) is 8.16. The molecule has 0 heterocycles. The van der Waals surface area contributed by atoms with Crippen LogP contribution in [0.5, 0.6) is 0 Å². The molecule has 1 unspecified atom stereocenters. The number of Topliss-reactive ketones (excluding diaryl/α,β-unsaturated/α-hetero) is 2. The van der Waals surface area contributed by atoms with E-state index in [0.717, 1.165) is 0 Å². The van der Waals surface area contributed by atoms with Gasteiger partial charge < -0.3 is 5.11 Å². The van der Waals surface area contributed by atoms with Crippen LogP contribution in [0.25, 0.3) is 0 Å². The first-order valence-electron chi connectivity index (χ1n) is 5.53. The molecule has 1 aromatic rings. The summed E-state index contributed by atoms with van der Waals surface area (Å²) in [6.45, 7) is 0.0322. The highest BCUT2D eigenvalue weighted by molar-refractivity contribution is 6.49. The van der Waals surface area contributed by atoms with Crippen LogP contribution >= 0.6 is 11.6 Å². The first-order valence-corrected chi connectivity index (χ1v) is 5.97. The van der Waals surface area contributed by atoms with Crippen molar-refractivity contribution in [2.75, 3.05) is 6.61 Å². The van der Waals surface area contributed by atoms with Crippen molar-refractivity contribution in [3.05, 3.63) is 35.9 Å². The van der Waals surface area contributed by atoms with E-state index >= 15 is 0 Å². The van der Waals surface area contributed by atoms with Gasteiger partial charge >= 0.3 is 0 Å². The molecule has 17 heavy (non-hydrogen) atoms. The van der Waals surface area contributed by atoms with E-state index in [9.17, 15) is 9.59 Å². The lowest BCUT2D eigenvalue weighted by atomic mass is 10.0. The smallest absolute Gasteiger partial charge is 0.220 e. The fraction of sp³-hybridized carbons (Fsp3) is 0.385. The lowest BCUT2D eigenvalue weighted by Gasteiger charge is -2.07. The zero-order valence-corrected chi connectivity index (χ0v) is 10.2. The zero-order chi connectivity index (χ0) is 12.7. The molecule has 0 aliphatic heterocycles. The highest BCUT2D eigenvalue weighted by Crippen LogP contribution is 2.22. The van der Waals surface area contributed by atoms with E-state index in [4.69, 9.17) is 16.7 Å². The number of halogens is 1. The van der Waals surface area contributed by atoms with Crippen molar-refractivity contribution in [1.82, 2.24) is 0 Å².